The van der Waals surface area contributed by atoms with Crippen molar-refractivity contribution < 1.29 is 8.42 Å². The zero-order valence-electron chi connectivity index (χ0n) is 10.1. The van der Waals surface area contributed by atoms with Gasteiger partial charge in [-0.3, -0.25) is 0 Å². The van der Waals surface area contributed by atoms with E-state index in [4.69, 9.17) is 0 Å². The van der Waals surface area contributed by atoms with Gasteiger partial charge in [-0.25, -0.2) is 0 Å². The molecule has 0 spiro atoms. The summed E-state index contributed by atoms with van der Waals surface area (Å²) in [4.78, 5) is 0. The Morgan fingerprint density at radius 2 is 2.12 bits per heavy atom. The molecular weight excluding hydrogens is 226 g/mol. The summed E-state index contributed by atoms with van der Waals surface area (Å²) in [5, 5.41) is 3.18. The van der Waals surface area contributed by atoms with E-state index in [0.29, 0.717) is 6.54 Å². The predicted octanol–water partition coefficient (Wildman–Crippen LogP) is 0.129. The Bertz CT molecular complexity index is 355. The van der Waals surface area contributed by atoms with Crippen LogP contribution in [0, 0.1) is 0 Å². The lowest BCUT2D eigenvalue weighted by molar-refractivity contribution is 0.484. The van der Waals surface area contributed by atoms with Crippen LogP contribution in [-0.2, 0) is 10.2 Å². The van der Waals surface area contributed by atoms with E-state index < -0.39 is 15.7 Å². The summed E-state index contributed by atoms with van der Waals surface area (Å²) in [6.45, 7) is 7.58. The second kappa shape index (κ2) is 5.27. The van der Waals surface area contributed by atoms with Gasteiger partial charge < -0.3 is 5.32 Å². The van der Waals surface area contributed by atoms with Gasteiger partial charge in [-0.05, 0) is 33.7 Å². The summed E-state index contributed by atoms with van der Waals surface area (Å²) in [6, 6.07) is 0. The zero-order valence-corrected chi connectivity index (χ0v) is 10.9. The van der Waals surface area contributed by atoms with Crippen LogP contribution in [0.25, 0.3) is 0 Å². The van der Waals surface area contributed by atoms with Crippen molar-refractivity contribution in [2.75, 3.05) is 19.6 Å². The third kappa shape index (κ3) is 5.60. The number of nitrogens with one attached hydrogen (secondary N) is 3. The van der Waals surface area contributed by atoms with E-state index >= 15 is 0 Å². The first-order chi connectivity index (χ1) is 7.29. The van der Waals surface area contributed by atoms with Gasteiger partial charge in [0.15, 0.2) is 0 Å². The molecule has 5 nitrogen and oxygen atoms in total. The van der Waals surface area contributed by atoms with Gasteiger partial charge in [0.1, 0.15) is 0 Å². The fourth-order valence-corrected chi connectivity index (χ4v) is 2.71. The van der Waals surface area contributed by atoms with Crippen LogP contribution in [0.15, 0.2) is 11.6 Å². The van der Waals surface area contributed by atoms with Crippen LogP contribution in [0.5, 0.6) is 0 Å². The summed E-state index contributed by atoms with van der Waals surface area (Å²) < 4.78 is 28.4. The Morgan fingerprint density at radius 1 is 1.44 bits per heavy atom. The van der Waals surface area contributed by atoms with Crippen molar-refractivity contribution in [2.45, 2.75) is 32.7 Å². The van der Waals surface area contributed by atoms with Crippen molar-refractivity contribution in [2.24, 2.45) is 0 Å². The molecule has 3 N–H and O–H groups in total. The molecule has 0 aromatic heterocycles. The number of rotatable bonds is 4. The van der Waals surface area contributed by atoms with E-state index in [2.05, 4.69) is 14.8 Å². The molecule has 1 rings (SSSR count). The predicted molar refractivity (Wildman–Crippen MR) is 65.4 cm³/mol. The second-order valence-electron chi connectivity index (χ2n) is 4.99. The summed E-state index contributed by atoms with van der Waals surface area (Å²) in [7, 11) is -3.40. The SMILES string of the molecule is CC(C)(C)NS(=O)(=O)NCC1=CCNCC1. The van der Waals surface area contributed by atoms with Crippen LogP contribution in [-0.4, -0.2) is 33.6 Å². The molecule has 94 valence electrons. The molecule has 16 heavy (non-hydrogen) atoms. The molecule has 6 heteroatoms. The van der Waals surface area contributed by atoms with Crippen LogP contribution < -0.4 is 14.8 Å². The maximum atomic E-state index is 11.6. The highest BCUT2D eigenvalue weighted by Crippen LogP contribution is 2.04. The van der Waals surface area contributed by atoms with Gasteiger partial charge in [0.05, 0.1) is 0 Å². The minimum atomic E-state index is -3.40. The summed E-state index contributed by atoms with van der Waals surface area (Å²) in [5.74, 6) is 0. The lowest BCUT2D eigenvalue weighted by Crippen LogP contribution is -2.47. The normalized spacial score (nSPS) is 18.3. The third-order valence-electron chi connectivity index (χ3n) is 2.09. The Labute approximate surface area is 97.9 Å². The molecule has 1 heterocycles. The molecule has 0 amide bonds. The first-order valence-electron chi connectivity index (χ1n) is 5.46. The molecule has 1 aliphatic rings. The quantitative estimate of drug-likeness (QED) is 0.618. The molecule has 0 aromatic rings. The van der Waals surface area contributed by atoms with Crippen molar-refractivity contribution >= 4 is 10.2 Å². The van der Waals surface area contributed by atoms with Crippen LogP contribution in [0.2, 0.25) is 0 Å². The largest absolute Gasteiger partial charge is 0.313 e. The minimum Gasteiger partial charge on any atom is -0.313 e. The van der Waals surface area contributed by atoms with Crippen LogP contribution in [0.3, 0.4) is 0 Å². The topological polar surface area (TPSA) is 70.2 Å². The molecular formula is C10H21N3O2S. The molecule has 0 saturated carbocycles. The van der Waals surface area contributed by atoms with Crippen molar-refractivity contribution in [3.63, 3.8) is 0 Å². The Balaban J connectivity index is 2.45. The zero-order chi connectivity index (χ0) is 12.2. The van der Waals surface area contributed by atoms with E-state index in [0.717, 1.165) is 25.1 Å². The van der Waals surface area contributed by atoms with Crippen molar-refractivity contribution in [1.29, 1.82) is 0 Å². The molecule has 0 aromatic carbocycles. The molecule has 0 aliphatic carbocycles. The van der Waals surface area contributed by atoms with Gasteiger partial charge in [-0.15, -0.1) is 0 Å². The average Bonchev–Trinajstić information content (AvgIpc) is 2.13. The van der Waals surface area contributed by atoms with E-state index in [-0.39, 0.29) is 0 Å². The lowest BCUT2D eigenvalue weighted by atomic mass is 10.1. The molecule has 0 bridgehead atoms. The number of hydrogen-bond donors (Lipinski definition) is 3. The Hall–Kier alpha value is -0.430. The smallest absolute Gasteiger partial charge is 0.277 e. The maximum absolute atomic E-state index is 11.6. The van der Waals surface area contributed by atoms with Gasteiger partial charge in [0, 0.05) is 18.6 Å². The van der Waals surface area contributed by atoms with Gasteiger partial charge >= 0.3 is 0 Å². The Kier molecular flexibility index (Phi) is 4.49. The fourth-order valence-electron chi connectivity index (χ4n) is 1.46. The summed E-state index contributed by atoms with van der Waals surface area (Å²) >= 11 is 0. The highest BCUT2D eigenvalue weighted by molar-refractivity contribution is 7.87. The van der Waals surface area contributed by atoms with E-state index in [9.17, 15) is 8.42 Å². The minimum absolute atomic E-state index is 0.396. The van der Waals surface area contributed by atoms with Gasteiger partial charge in [-0.2, -0.15) is 17.9 Å². The number of hydrogen-bond acceptors (Lipinski definition) is 3. The van der Waals surface area contributed by atoms with Gasteiger partial charge in [0.2, 0.25) is 0 Å². The van der Waals surface area contributed by atoms with E-state index in [1.54, 1.807) is 0 Å². The standard InChI is InChI=1S/C10H21N3O2S/c1-10(2,3)13-16(14,15)12-8-9-4-6-11-7-5-9/h4,11-13H,5-8H2,1-3H3. The van der Waals surface area contributed by atoms with Crippen molar-refractivity contribution in [1.82, 2.24) is 14.8 Å². The maximum Gasteiger partial charge on any atom is 0.277 e. The monoisotopic (exact) mass is 247 g/mol. The molecule has 1 aliphatic heterocycles. The molecule has 0 saturated heterocycles. The fraction of sp³-hybridized carbons (Fsp3) is 0.800. The molecule has 0 fully saturated rings. The second-order valence-corrected chi connectivity index (χ2v) is 6.49. The third-order valence-corrected chi connectivity index (χ3v) is 3.49. The average molecular weight is 247 g/mol. The first-order valence-corrected chi connectivity index (χ1v) is 6.94. The van der Waals surface area contributed by atoms with Crippen molar-refractivity contribution in [3.05, 3.63) is 11.6 Å². The highest BCUT2D eigenvalue weighted by Gasteiger charge is 2.19. The molecule has 0 radical (unpaired) electrons. The van der Waals surface area contributed by atoms with E-state index in [1.807, 2.05) is 26.8 Å². The van der Waals surface area contributed by atoms with Crippen LogP contribution in [0.1, 0.15) is 27.2 Å². The van der Waals surface area contributed by atoms with Crippen molar-refractivity contribution in [3.8, 4) is 0 Å². The summed E-state index contributed by atoms with van der Waals surface area (Å²) in [5.41, 5.74) is 0.687. The van der Waals surface area contributed by atoms with Gasteiger partial charge in [0.25, 0.3) is 10.2 Å². The summed E-state index contributed by atoms with van der Waals surface area (Å²) in [6.07, 6.45) is 2.93. The molecule has 0 unspecified atom stereocenters. The first kappa shape index (κ1) is 13.6. The van der Waals surface area contributed by atoms with Crippen LogP contribution in [0.4, 0.5) is 0 Å². The Morgan fingerprint density at radius 3 is 2.62 bits per heavy atom. The lowest BCUT2D eigenvalue weighted by Gasteiger charge is -2.21. The molecule has 0 atom stereocenters. The highest BCUT2D eigenvalue weighted by atomic mass is 32.2. The van der Waals surface area contributed by atoms with E-state index in [1.165, 1.54) is 0 Å². The van der Waals surface area contributed by atoms with Crippen LogP contribution >= 0.6 is 0 Å². The van der Waals surface area contributed by atoms with Gasteiger partial charge in [-0.1, -0.05) is 11.6 Å².